The number of benzene rings is 1. The molecule has 0 radical (unpaired) electrons. The summed E-state index contributed by atoms with van der Waals surface area (Å²) in [7, 11) is -3.76. The molecule has 0 bridgehead atoms. The van der Waals surface area contributed by atoms with Gasteiger partial charge in [-0.3, -0.25) is 14.8 Å². The Balaban J connectivity index is 1.69. The van der Waals surface area contributed by atoms with E-state index in [0.29, 0.717) is 11.3 Å². The summed E-state index contributed by atoms with van der Waals surface area (Å²) in [5, 5.41) is 0. The maximum absolute atomic E-state index is 14.8. The monoisotopic (exact) mass is 446 g/mol. The van der Waals surface area contributed by atoms with Crippen molar-refractivity contribution >= 4 is 21.5 Å². The van der Waals surface area contributed by atoms with E-state index < -0.39 is 31.7 Å². The quantitative estimate of drug-likeness (QED) is 0.706. The molecule has 2 N–H and O–H groups in total. The molecule has 164 valence electrons. The van der Waals surface area contributed by atoms with Crippen LogP contribution in [-0.4, -0.2) is 53.7 Å². The molecule has 8 nitrogen and oxygen atoms in total. The van der Waals surface area contributed by atoms with E-state index in [0.717, 1.165) is 0 Å². The summed E-state index contributed by atoms with van der Waals surface area (Å²) in [4.78, 5) is 25.1. The average molecular weight is 447 g/mol. The highest BCUT2D eigenvalue weighted by Gasteiger charge is 2.57. The first-order chi connectivity index (χ1) is 14.6. The number of halogens is 1. The van der Waals surface area contributed by atoms with Gasteiger partial charge in [0, 0.05) is 24.8 Å². The highest BCUT2D eigenvalue weighted by atomic mass is 32.2. The second-order valence-corrected chi connectivity index (χ2v) is 10.6. The van der Waals surface area contributed by atoms with Crippen molar-refractivity contribution in [3.8, 4) is 0 Å². The predicted molar refractivity (Wildman–Crippen MR) is 112 cm³/mol. The lowest BCUT2D eigenvalue weighted by atomic mass is 9.90. The van der Waals surface area contributed by atoms with Crippen molar-refractivity contribution in [2.24, 2.45) is 10.7 Å². The van der Waals surface area contributed by atoms with E-state index in [-0.39, 0.29) is 48.9 Å². The maximum atomic E-state index is 14.8. The van der Waals surface area contributed by atoms with E-state index in [9.17, 15) is 17.6 Å². The van der Waals surface area contributed by atoms with Gasteiger partial charge in [0.25, 0.3) is 0 Å². The first-order valence-corrected chi connectivity index (χ1v) is 11.5. The fourth-order valence-electron chi connectivity index (χ4n) is 4.11. The van der Waals surface area contributed by atoms with E-state index in [1.807, 2.05) is 0 Å². The number of rotatable bonds is 4. The predicted octanol–water partition coefficient (Wildman–Crippen LogP) is 1.51. The van der Waals surface area contributed by atoms with Gasteiger partial charge in [0.2, 0.25) is 0 Å². The third-order valence-electron chi connectivity index (χ3n) is 5.93. The fraction of sp³-hybridized carbons (Fsp3) is 0.429. The highest BCUT2D eigenvalue weighted by Crippen LogP contribution is 2.41. The number of hydrogen-bond acceptors (Lipinski definition) is 8. The van der Waals surface area contributed by atoms with E-state index in [1.165, 1.54) is 37.5 Å². The Kier molecular flexibility index (Phi) is 5.17. The summed E-state index contributed by atoms with van der Waals surface area (Å²) in [5.74, 6) is -1.35. The fourth-order valence-corrected chi connectivity index (χ4v) is 6.36. The number of aryl methyl sites for hydroxylation is 1. The van der Waals surface area contributed by atoms with Crippen LogP contribution in [0.25, 0.3) is 0 Å². The van der Waals surface area contributed by atoms with Gasteiger partial charge in [-0.2, -0.15) is 0 Å². The number of carbonyl (C=O) groups is 1. The molecule has 1 saturated heterocycles. The normalized spacial score (nSPS) is 27.3. The lowest BCUT2D eigenvalue weighted by molar-refractivity contribution is 0.0987. The van der Waals surface area contributed by atoms with Gasteiger partial charge in [0.05, 0.1) is 24.3 Å². The summed E-state index contributed by atoms with van der Waals surface area (Å²) in [6.45, 7) is 3.53. The largest absolute Gasteiger partial charge is 0.386 e. The van der Waals surface area contributed by atoms with Crippen LogP contribution < -0.4 is 5.73 Å². The minimum Gasteiger partial charge on any atom is -0.386 e. The molecule has 0 aliphatic carbocycles. The Bertz CT molecular complexity index is 1170. The maximum Gasteiger partial charge on any atom is 0.187 e. The lowest BCUT2D eigenvalue weighted by Crippen LogP contribution is -2.58. The number of sulfone groups is 1. The number of aromatic nitrogens is 2. The molecule has 1 aromatic carbocycles. The van der Waals surface area contributed by atoms with Crippen molar-refractivity contribution in [3.05, 3.63) is 58.9 Å². The van der Waals surface area contributed by atoms with E-state index >= 15 is 0 Å². The Morgan fingerprint density at radius 3 is 2.68 bits per heavy atom. The minimum atomic E-state index is -3.76. The van der Waals surface area contributed by atoms with Crippen molar-refractivity contribution in [1.29, 1.82) is 0 Å². The average Bonchev–Trinajstić information content (AvgIpc) is 3.20. The van der Waals surface area contributed by atoms with Gasteiger partial charge in [-0.25, -0.2) is 17.8 Å². The van der Waals surface area contributed by atoms with Crippen LogP contribution in [0, 0.1) is 12.7 Å². The molecule has 1 fully saturated rings. The summed E-state index contributed by atoms with van der Waals surface area (Å²) in [6.07, 6.45) is 3.09. The number of nitrogens with zero attached hydrogens (tertiary/aromatic N) is 3. The van der Waals surface area contributed by atoms with Crippen LogP contribution in [0.1, 0.15) is 40.7 Å². The Morgan fingerprint density at radius 2 is 2.06 bits per heavy atom. The van der Waals surface area contributed by atoms with Gasteiger partial charge in [-0.15, -0.1) is 0 Å². The lowest BCUT2D eigenvalue weighted by Gasteiger charge is -2.39. The molecule has 0 saturated carbocycles. The van der Waals surface area contributed by atoms with Crippen LogP contribution in [-0.2, 0) is 26.5 Å². The molecule has 2 aliphatic rings. The number of hydrogen-bond donors (Lipinski definition) is 1. The molecule has 3 heterocycles. The number of Topliss-reactive ketones (excluding diaryl/α,β-unsaturated/α-hetero) is 1. The third kappa shape index (κ3) is 3.63. The molecule has 4 rings (SSSR count). The van der Waals surface area contributed by atoms with E-state index in [1.54, 1.807) is 6.92 Å². The van der Waals surface area contributed by atoms with Crippen LogP contribution in [0.15, 0.2) is 35.6 Å². The summed E-state index contributed by atoms with van der Waals surface area (Å²) in [6, 6.07) is 4.17. The van der Waals surface area contributed by atoms with Crippen molar-refractivity contribution < 1.29 is 22.3 Å². The summed E-state index contributed by atoms with van der Waals surface area (Å²) < 4.78 is 45.1. The van der Waals surface area contributed by atoms with E-state index in [4.69, 9.17) is 10.5 Å². The van der Waals surface area contributed by atoms with E-state index in [2.05, 4.69) is 15.0 Å². The number of aliphatic imine (C=N–C) groups is 1. The SMILES string of the molecule is Cc1cnc(C(=O)Cc2ccc(F)c([C@]3(C)CS(=O)(=O)[C@]4(CCOC4)C(N)=N3)c2)cn1. The van der Waals surface area contributed by atoms with Crippen LogP contribution in [0.4, 0.5) is 4.39 Å². The zero-order valence-electron chi connectivity index (χ0n) is 17.3. The number of amidine groups is 1. The van der Waals surface area contributed by atoms with Crippen LogP contribution in [0.3, 0.4) is 0 Å². The van der Waals surface area contributed by atoms with Crippen LogP contribution >= 0.6 is 0 Å². The van der Waals surface area contributed by atoms with Gasteiger partial charge in [0.1, 0.15) is 22.9 Å². The van der Waals surface area contributed by atoms with Gasteiger partial charge in [-0.05, 0) is 38.0 Å². The number of ketones is 1. The summed E-state index contributed by atoms with van der Waals surface area (Å²) >= 11 is 0. The molecular weight excluding hydrogens is 423 g/mol. The van der Waals surface area contributed by atoms with Crippen molar-refractivity contribution in [2.75, 3.05) is 19.0 Å². The Morgan fingerprint density at radius 1 is 1.29 bits per heavy atom. The van der Waals surface area contributed by atoms with Gasteiger partial charge in [0.15, 0.2) is 20.4 Å². The molecular formula is C21H23FN4O4S. The van der Waals surface area contributed by atoms with Gasteiger partial charge >= 0.3 is 0 Å². The van der Waals surface area contributed by atoms with Crippen molar-refractivity contribution in [1.82, 2.24) is 9.97 Å². The smallest absolute Gasteiger partial charge is 0.187 e. The molecule has 2 aliphatic heterocycles. The molecule has 2 atom stereocenters. The Labute approximate surface area is 179 Å². The number of ether oxygens (including phenoxy) is 1. The molecule has 1 aromatic heterocycles. The zero-order chi connectivity index (χ0) is 22.4. The molecule has 2 aromatic rings. The first kappa shape index (κ1) is 21.5. The second-order valence-electron chi connectivity index (χ2n) is 8.28. The molecule has 1 spiro atoms. The molecule has 0 unspecified atom stereocenters. The second kappa shape index (κ2) is 7.45. The molecule has 0 amide bonds. The minimum absolute atomic E-state index is 0.0369. The third-order valence-corrected chi connectivity index (χ3v) is 8.59. The van der Waals surface area contributed by atoms with Gasteiger partial charge < -0.3 is 10.5 Å². The highest BCUT2D eigenvalue weighted by molar-refractivity contribution is 7.93. The number of nitrogens with two attached hydrogens (primary N) is 1. The van der Waals surface area contributed by atoms with Crippen LogP contribution in [0.2, 0.25) is 0 Å². The Hall–Kier alpha value is -2.72. The first-order valence-electron chi connectivity index (χ1n) is 9.83. The zero-order valence-corrected chi connectivity index (χ0v) is 18.1. The van der Waals surface area contributed by atoms with Crippen molar-refractivity contribution in [3.63, 3.8) is 0 Å². The van der Waals surface area contributed by atoms with Crippen LogP contribution in [0.5, 0.6) is 0 Å². The molecule has 31 heavy (non-hydrogen) atoms. The van der Waals surface area contributed by atoms with Crippen molar-refractivity contribution in [2.45, 2.75) is 37.0 Å². The topological polar surface area (TPSA) is 125 Å². The summed E-state index contributed by atoms with van der Waals surface area (Å²) in [5.41, 5.74) is 6.19. The van der Waals surface area contributed by atoms with Gasteiger partial charge in [-0.1, -0.05) is 6.07 Å². The standard InChI is InChI=1S/C21H23FN4O4S/c1-13-9-25-17(10-24-13)18(27)8-14-3-4-16(22)15(7-14)20(2)12-31(28,29)21(19(23)26-20)5-6-30-11-21/h3-4,7,9-10H,5-6,8,11-12H2,1-2H3,(H2,23,26)/t20-,21-/m0/s1. The molecule has 10 heteroatoms. The number of carbonyl (C=O) groups excluding carboxylic acids is 1.